The first-order valence-corrected chi connectivity index (χ1v) is 6.66. The molecule has 8 heteroatoms. The number of nitrogens with two attached hydrogens (primary N) is 1. The SMILES string of the molecule is N[C@@H]1CC[C@H](C(F)(F)F)N(C(=O)c2cc(Cl)ccc2F)C1. The molecule has 116 valence electrons. The predicted molar refractivity (Wildman–Crippen MR) is 69.5 cm³/mol. The number of hydrogen-bond acceptors (Lipinski definition) is 2. The van der Waals surface area contributed by atoms with Gasteiger partial charge in [0.15, 0.2) is 0 Å². The minimum atomic E-state index is -4.58. The second kappa shape index (κ2) is 5.81. The standard InChI is InChI=1S/C13H13ClF4N2O/c14-7-1-3-10(15)9(5-7)12(21)20-6-8(19)2-4-11(20)13(16,17)18/h1,3,5,8,11H,2,4,6,19H2/t8-,11-/m1/s1. The summed E-state index contributed by atoms with van der Waals surface area (Å²) in [5.41, 5.74) is 5.15. The largest absolute Gasteiger partial charge is 0.408 e. The molecule has 0 saturated carbocycles. The van der Waals surface area contributed by atoms with E-state index in [4.69, 9.17) is 17.3 Å². The van der Waals surface area contributed by atoms with Gasteiger partial charge < -0.3 is 10.6 Å². The third-order valence-corrected chi connectivity index (χ3v) is 3.65. The van der Waals surface area contributed by atoms with Crippen molar-refractivity contribution >= 4 is 17.5 Å². The molecule has 1 saturated heterocycles. The van der Waals surface area contributed by atoms with Gasteiger partial charge in [-0.05, 0) is 31.0 Å². The van der Waals surface area contributed by atoms with Crippen LogP contribution in [0.4, 0.5) is 17.6 Å². The molecular formula is C13H13ClF4N2O. The van der Waals surface area contributed by atoms with Crippen molar-refractivity contribution < 1.29 is 22.4 Å². The maximum Gasteiger partial charge on any atom is 0.408 e. The Morgan fingerprint density at radius 3 is 2.62 bits per heavy atom. The van der Waals surface area contributed by atoms with Gasteiger partial charge in [-0.2, -0.15) is 13.2 Å². The summed E-state index contributed by atoms with van der Waals surface area (Å²) in [6.07, 6.45) is -4.71. The number of benzene rings is 1. The van der Waals surface area contributed by atoms with Gasteiger partial charge in [-0.15, -0.1) is 0 Å². The average Bonchev–Trinajstić information content (AvgIpc) is 2.39. The molecule has 1 fully saturated rings. The van der Waals surface area contributed by atoms with Crippen molar-refractivity contribution in [3.05, 3.63) is 34.6 Å². The zero-order valence-electron chi connectivity index (χ0n) is 10.8. The zero-order valence-corrected chi connectivity index (χ0v) is 11.6. The summed E-state index contributed by atoms with van der Waals surface area (Å²) >= 11 is 5.67. The molecule has 2 atom stereocenters. The van der Waals surface area contributed by atoms with E-state index in [9.17, 15) is 22.4 Å². The Balaban J connectivity index is 2.35. The van der Waals surface area contributed by atoms with Gasteiger partial charge in [0.05, 0.1) is 5.56 Å². The van der Waals surface area contributed by atoms with Crippen LogP contribution < -0.4 is 5.73 Å². The third kappa shape index (κ3) is 3.47. The van der Waals surface area contributed by atoms with Crippen molar-refractivity contribution in [2.75, 3.05) is 6.54 Å². The van der Waals surface area contributed by atoms with Gasteiger partial charge in [0.1, 0.15) is 11.9 Å². The molecule has 0 aromatic heterocycles. The molecular weight excluding hydrogens is 312 g/mol. The molecule has 0 unspecified atom stereocenters. The lowest BCUT2D eigenvalue weighted by Crippen LogP contribution is -2.56. The van der Waals surface area contributed by atoms with E-state index < -0.39 is 35.5 Å². The molecule has 1 aliphatic heterocycles. The minimum absolute atomic E-state index is 0.0737. The summed E-state index contributed by atoms with van der Waals surface area (Å²) in [5.74, 6) is -1.96. The summed E-state index contributed by atoms with van der Waals surface area (Å²) in [5, 5.41) is 0.0737. The quantitative estimate of drug-likeness (QED) is 0.807. The lowest BCUT2D eigenvalue weighted by Gasteiger charge is -2.39. The first kappa shape index (κ1) is 16.0. The highest BCUT2D eigenvalue weighted by Crippen LogP contribution is 2.33. The molecule has 2 rings (SSSR count). The fourth-order valence-corrected chi connectivity index (χ4v) is 2.55. The van der Waals surface area contributed by atoms with E-state index in [1.807, 2.05) is 0 Å². The normalized spacial score (nSPS) is 23.2. The Bertz CT molecular complexity index is 549. The number of likely N-dealkylation sites (tertiary alicyclic amines) is 1. The van der Waals surface area contributed by atoms with Gasteiger partial charge in [0.25, 0.3) is 5.91 Å². The second-order valence-corrected chi connectivity index (χ2v) is 5.41. The van der Waals surface area contributed by atoms with Crippen molar-refractivity contribution in [3.63, 3.8) is 0 Å². The highest BCUT2D eigenvalue weighted by molar-refractivity contribution is 6.31. The van der Waals surface area contributed by atoms with Crippen LogP contribution in [0.3, 0.4) is 0 Å². The molecule has 3 nitrogen and oxygen atoms in total. The Morgan fingerprint density at radius 1 is 1.33 bits per heavy atom. The summed E-state index contributed by atoms with van der Waals surface area (Å²) in [4.78, 5) is 12.8. The number of halogens is 5. The number of hydrogen-bond donors (Lipinski definition) is 1. The molecule has 1 aromatic rings. The zero-order chi connectivity index (χ0) is 15.8. The number of rotatable bonds is 1. The Hall–Kier alpha value is -1.34. The molecule has 1 amide bonds. The molecule has 21 heavy (non-hydrogen) atoms. The van der Waals surface area contributed by atoms with Crippen molar-refractivity contribution in [1.29, 1.82) is 0 Å². The Morgan fingerprint density at radius 2 is 2.00 bits per heavy atom. The monoisotopic (exact) mass is 324 g/mol. The minimum Gasteiger partial charge on any atom is -0.326 e. The predicted octanol–water partition coefficient (Wildman–Crippen LogP) is 2.97. The van der Waals surface area contributed by atoms with Gasteiger partial charge in [0, 0.05) is 17.6 Å². The summed E-state index contributed by atoms with van der Waals surface area (Å²) in [7, 11) is 0. The van der Waals surface area contributed by atoms with Crippen LogP contribution in [-0.2, 0) is 0 Å². The Kier molecular flexibility index (Phi) is 4.43. The molecule has 0 bridgehead atoms. The van der Waals surface area contributed by atoms with Crippen LogP contribution in [0.25, 0.3) is 0 Å². The summed E-state index contributed by atoms with van der Waals surface area (Å²) < 4.78 is 52.7. The maximum atomic E-state index is 13.7. The van der Waals surface area contributed by atoms with E-state index in [1.165, 1.54) is 6.07 Å². The van der Waals surface area contributed by atoms with Crippen molar-refractivity contribution in [1.82, 2.24) is 4.90 Å². The fourth-order valence-electron chi connectivity index (χ4n) is 2.38. The molecule has 0 spiro atoms. The van der Waals surface area contributed by atoms with Crippen LogP contribution >= 0.6 is 11.6 Å². The van der Waals surface area contributed by atoms with Crippen molar-refractivity contribution in [3.8, 4) is 0 Å². The van der Waals surface area contributed by atoms with E-state index >= 15 is 0 Å². The lowest BCUT2D eigenvalue weighted by molar-refractivity contribution is -0.184. The average molecular weight is 325 g/mol. The molecule has 1 aromatic carbocycles. The molecule has 1 heterocycles. The Labute approximate surface area is 123 Å². The van der Waals surface area contributed by atoms with Crippen LogP contribution in [0.5, 0.6) is 0 Å². The van der Waals surface area contributed by atoms with Crippen LogP contribution in [0.1, 0.15) is 23.2 Å². The van der Waals surface area contributed by atoms with Crippen LogP contribution in [0, 0.1) is 5.82 Å². The number of carbonyl (C=O) groups excluding carboxylic acids is 1. The maximum absolute atomic E-state index is 13.7. The smallest absolute Gasteiger partial charge is 0.326 e. The number of carbonyl (C=O) groups is 1. The molecule has 0 radical (unpaired) electrons. The molecule has 1 aliphatic rings. The second-order valence-electron chi connectivity index (χ2n) is 4.98. The highest BCUT2D eigenvalue weighted by Gasteiger charge is 2.48. The fraction of sp³-hybridized carbons (Fsp3) is 0.462. The van der Waals surface area contributed by atoms with Crippen molar-refractivity contribution in [2.45, 2.75) is 31.1 Å². The number of piperidine rings is 1. The number of nitrogens with zero attached hydrogens (tertiary/aromatic N) is 1. The highest BCUT2D eigenvalue weighted by atomic mass is 35.5. The lowest BCUT2D eigenvalue weighted by atomic mass is 9.97. The molecule has 2 N–H and O–H groups in total. The van der Waals surface area contributed by atoms with Crippen LogP contribution in [-0.4, -0.2) is 35.6 Å². The van der Waals surface area contributed by atoms with Crippen molar-refractivity contribution in [2.24, 2.45) is 5.73 Å². The first-order valence-electron chi connectivity index (χ1n) is 6.28. The third-order valence-electron chi connectivity index (χ3n) is 3.42. The van der Waals surface area contributed by atoms with Gasteiger partial charge >= 0.3 is 6.18 Å². The van der Waals surface area contributed by atoms with Gasteiger partial charge in [0.2, 0.25) is 0 Å². The van der Waals surface area contributed by atoms with E-state index in [2.05, 4.69) is 0 Å². The van der Waals surface area contributed by atoms with Gasteiger partial charge in [-0.1, -0.05) is 11.6 Å². The summed E-state index contributed by atoms with van der Waals surface area (Å²) in [6, 6.07) is 0.670. The number of amides is 1. The van der Waals surface area contributed by atoms with E-state index in [-0.39, 0.29) is 24.4 Å². The summed E-state index contributed by atoms with van der Waals surface area (Å²) in [6.45, 7) is -0.269. The van der Waals surface area contributed by atoms with E-state index in [0.717, 1.165) is 12.1 Å². The van der Waals surface area contributed by atoms with E-state index in [1.54, 1.807) is 0 Å². The van der Waals surface area contributed by atoms with Crippen LogP contribution in [0.2, 0.25) is 5.02 Å². The topological polar surface area (TPSA) is 46.3 Å². The number of alkyl halides is 3. The van der Waals surface area contributed by atoms with Gasteiger partial charge in [-0.25, -0.2) is 4.39 Å². The van der Waals surface area contributed by atoms with Gasteiger partial charge in [-0.3, -0.25) is 4.79 Å². The van der Waals surface area contributed by atoms with E-state index in [0.29, 0.717) is 4.90 Å². The van der Waals surface area contributed by atoms with Crippen LogP contribution in [0.15, 0.2) is 18.2 Å². The molecule has 0 aliphatic carbocycles. The first-order chi connectivity index (χ1) is 9.70.